The molecule has 1 heterocycles. The van der Waals surface area contributed by atoms with Crippen molar-refractivity contribution in [2.24, 2.45) is 5.92 Å². The average molecular weight is 201 g/mol. The molecule has 1 rings (SSSR count). The third-order valence-electron chi connectivity index (χ3n) is 1.99. The van der Waals surface area contributed by atoms with Crippen molar-refractivity contribution in [3.05, 3.63) is 0 Å². The summed E-state index contributed by atoms with van der Waals surface area (Å²) in [4.78, 5) is 11.2. The minimum Gasteiger partial charge on any atom is -0.356 e. The van der Waals surface area contributed by atoms with E-state index in [9.17, 15) is 4.79 Å². The van der Waals surface area contributed by atoms with Gasteiger partial charge in [-0.2, -0.15) is 0 Å². The van der Waals surface area contributed by atoms with Gasteiger partial charge in [-0.25, -0.2) is 0 Å². The maximum absolute atomic E-state index is 11.2. The lowest BCUT2D eigenvalue weighted by molar-refractivity contribution is -0.122. The predicted molar refractivity (Wildman–Crippen MR) is 52.8 cm³/mol. The van der Waals surface area contributed by atoms with Crippen LogP contribution in [0, 0.1) is 5.92 Å². The summed E-state index contributed by atoms with van der Waals surface area (Å²) in [7, 11) is 0. The van der Waals surface area contributed by atoms with Crippen LogP contribution >= 0.6 is 0 Å². The first-order valence-corrected chi connectivity index (χ1v) is 5.18. The molecule has 0 radical (unpaired) electrons. The zero-order valence-corrected chi connectivity index (χ0v) is 8.91. The highest BCUT2D eigenvalue weighted by Gasteiger charge is 2.15. The SMILES string of the molecule is CC(C)CC(=O)NCCC1OCCO1. The first-order valence-electron chi connectivity index (χ1n) is 5.18. The van der Waals surface area contributed by atoms with E-state index < -0.39 is 0 Å². The molecule has 0 aromatic heterocycles. The molecule has 0 atom stereocenters. The molecule has 4 nitrogen and oxygen atoms in total. The van der Waals surface area contributed by atoms with Crippen molar-refractivity contribution in [2.45, 2.75) is 33.0 Å². The number of carbonyl (C=O) groups is 1. The summed E-state index contributed by atoms with van der Waals surface area (Å²) in [5.74, 6) is 0.520. The van der Waals surface area contributed by atoms with Gasteiger partial charge in [0.05, 0.1) is 13.2 Å². The van der Waals surface area contributed by atoms with Gasteiger partial charge in [0.25, 0.3) is 0 Å². The number of rotatable bonds is 5. The quantitative estimate of drug-likeness (QED) is 0.719. The molecular formula is C10H19NO3. The van der Waals surface area contributed by atoms with Gasteiger partial charge >= 0.3 is 0 Å². The largest absolute Gasteiger partial charge is 0.356 e. The van der Waals surface area contributed by atoms with Crippen molar-refractivity contribution < 1.29 is 14.3 Å². The second-order valence-corrected chi connectivity index (χ2v) is 3.91. The Hall–Kier alpha value is -0.610. The fourth-order valence-corrected chi connectivity index (χ4v) is 1.35. The van der Waals surface area contributed by atoms with Crippen LogP contribution in [-0.4, -0.2) is 32.0 Å². The van der Waals surface area contributed by atoms with Gasteiger partial charge in [0.15, 0.2) is 6.29 Å². The van der Waals surface area contributed by atoms with E-state index in [-0.39, 0.29) is 12.2 Å². The summed E-state index contributed by atoms with van der Waals surface area (Å²) >= 11 is 0. The molecule has 0 aromatic carbocycles. The lowest BCUT2D eigenvalue weighted by Gasteiger charge is -2.10. The Bertz CT molecular complexity index is 176. The molecule has 0 aliphatic carbocycles. The highest BCUT2D eigenvalue weighted by atomic mass is 16.7. The molecule has 1 aliphatic heterocycles. The molecule has 4 heteroatoms. The Morgan fingerprint density at radius 2 is 2.07 bits per heavy atom. The number of amides is 1. The Kier molecular flexibility index (Phi) is 4.90. The molecule has 0 bridgehead atoms. The van der Waals surface area contributed by atoms with Crippen molar-refractivity contribution in [2.75, 3.05) is 19.8 Å². The van der Waals surface area contributed by atoms with Gasteiger partial charge in [0.1, 0.15) is 0 Å². The smallest absolute Gasteiger partial charge is 0.220 e. The number of nitrogens with one attached hydrogen (secondary N) is 1. The van der Waals surface area contributed by atoms with Gasteiger partial charge in [-0.3, -0.25) is 4.79 Å². The molecular weight excluding hydrogens is 182 g/mol. The third kappa shape index (κ3) is 4.58. The van der Waals surface area contributed by atoms with Crippen LogP contribution in [0.1, 0.15) is 26.7 Å². The van der Waals surface area contributed by atoms with E-state index in [0.29, 0.717) is 32.1 Å². The molecule has 1 N–H and O–H groups in total. The molecule has 0 aromatic rings. The van der Waals surface area contributed by atoms with Gasteiger partial charge < -0.3 is 14.8 Å². The van der Waals surface area contributed by atoms with Gasteiger partial charge in [0, 0.05) is 19.4 Å². The molecule has 0 unspecified atom stereocenters. The maximum Gasteiger partial charge on any atom is 0.220 e. The number of carbonyl (C=O) groups excluding carboxylic acids is 1. The Morgan fingerprint density at radius 1 is 1.43 bits per heavy atom. The second-order valence-electron chi connectivity index (χ2n) is 3.91. The Balaban J connectivity index is 1.99. The molecule has 1 fully saturated rings. The second kappa shape index (κ2) is 5.98. The van der Waals surface area contributed by atoms with Crippen LogP contribution in [0.4, 0.5) is 0 Å². The monoisotopic (exact) mass is 201 g/mol. The highest BCUT2D eigenvalue weighted by Crippen LogP contribution is 2.06. The fourth-order valence-electron chi connectivity index (χ4n) is 1.35. The molecule has 0 saturated carbocycles. The summed E-state index contributed by atoms with van der Waals surface area (Å²) in [6, 6.07) is 0. The van der Waals surface area contributed by atoms with Crippen LogP contribution < -0.4 is 5.32 Å². The van der Waals surface area contributed by atoms with Crippen LogP contribution in [0.15, 0.2) is 0 Å². The Labute approximate surface area is 85.0 Å². The van der Waals surface area contributed by atoms with Crippen LogP contribution in [-0.2, 0) is 14.3 Å². The van der Waals surface area contributed by atoms with Crippen molar-refractivity contribution in [3.8, 4) is 0 Å². The van der Waals surface area contributed by atoms with Gasteiger partial charge in [-0.1, -0.05) is 13.8 Å². The van der Waals surface area contributed by atoms with E-state index in [2.05, 4.69) is 5.32 Å². The van der Waals surface area contributed by atoms with Crippen molar-refractivity contribution in [1.82, 2.24) is 5.32 Å². The summed E-state index contributed by atoms with van der Waals surface area (Å²) < 4.78 is 10.5. The highest BCUT2D eigenvalue weighted by molar-refractivity contribution is 5.75. The van der Waals surface area contributed by atoms with E-state index >= 15 is 0 Å². The minimum absolute atomic E-state index is 0.109. The molecule has 82 valence electrons. The molecule has 14 heavy (non-hydrogen) atoms. The van der Waals surface area contributed by atoms with Crippen LogP contribution in [0.3, 0.4) is 0 Å². The lowest BCUT2D eigenvalue weighted by atomic mass is 10.1. The number of ether oxygens (including phenoxy) is 2. The normalized spacial score (nSPS) is 17.6. The summed E-state index contributed by atoms with van der Waals surface area (Å²) in [6.07, 6.45) is 1.21. The summed E-state index contributed by atoms with van der Waals surface area (Å²) in [5.41, 5.74) is 0. The van der Waals surface area contributed by atoms with Crippen molar-refractivity contribution in [1.29, 1.82) is 0 Å². The average Bonchev–Trinajstić information content (AvgIpc) is 2.55. The standard InChI is InChI=1S/C10H19NO3/c1-8(2)7-9(12)11-4-3-10-13-5-6-14-10/h8,10H,3-7H2,1-2H3,(H,11,12). The van der Waals surface area contributed by atoms with Crippen molar-refractivity contribution in [3.63, 3.8) is 0 Å². The molecule has 0 spiro atoms. The predicted octanol–water partition coefficient (Wildman–Crippen LogP) is 0.912. The number of hydrogen-bond acceptors (Lipinski definition) is 3. The van der Waals surface area contributed by atoms with Gasteiger partial charge in [-0.15, -0.1) is 0 Å². The van der Waals surface area contributed by atoms with Crippen LogP contribution in [0.25, 0.3) is 0 Å². The molecule has 1 aliphatic rings. The zero-order valence-electron chi connectivity index (χ0n) is 8.91. The minimum atomic E-state index is -0.116. The lowest BCUT2D eigenvalue weighted by Crippen LogP contribution is -2.28. The summed E-state index contributed by atoms with van der Waals surface area (Å²) in [5, 5.41) is 2.84. The fraction of sp³-hybridized carbons (Fsp3) is 0.900. The van der Waals surface area contributed by atoms with E-state index in [1.807, 2.05) is 13.8 Å². The van der Waals surface area contributed by atoms with E-state index in [1.165, 1.54) is 0 Å². The number of hydrogen-bond donors (Lipinski definition) is 1. The Morgan fingerprint density at radius 3 is 2.64 bits per heavy atom. The van der Waals surface area contributed by atoms with E-state index in [4.69, 9.17) is 9.47 Å². The zero-order chi connectivity index (χ0) is 10.4. The van der Waals surface area contributed by atoms with E-state index in [0.717, 1.165) is 6.42 Å². The van der Waals surface area contributed by atoms with Crippen molar-refractivity contribution >= 4 is 5.91 Å². The molecule has 1 saturated heterocycles. The van der Waals surface area contributed by atoms with E-state index in [1.54, 1.807) is 0 Å². The topological polar surface area (TPSA) is 47.6 Å². The maximum atomic E-state index is 11.2. The van der Waals surface area contributed by atoms with Crippen LogP contribution in [0.5, 0.6) is 0 Å². The van der Waals surface area contributed by atoms with Gasteiger partial charge in [0.2, 0.25) is 5.91 Å². The van der Waals surface area contributed by atoms with Gasteiger partial charge in [-0.05, 0) is 5.92 Å². The first-order chi connectivity index (χ1) is 6.68. The third-order valence-corrected chi connectivity index (χ3v) is 1.99. The summed E-state index contributed by atoms with van der Waals surface area (Å²) in [6.45, 7) is 6.04. The molecule has 1 amide bonds. The first kappa shape index (κ1) is 11.5. The van der Waals surface area contributed by atoms with Crippen LogP contribution in [0.2, 0.25) is 0 Å².